The first-order valence-electron chi connectivity index (χ1n) is 6.52. The lowest BCUT2D eigenvalue weighted by Gasteiger charge is -2.23. The maximum absolute atomic E-state index is 10.2. The number of unbranched alkanes of at least 4 members (excludes halogenated alkanes) is 5. The number of quaternary nitrogens is 1. The van der Waals surface area contributed by atoms with Crippen molar-refractivity contribution < 1.29 is 14.4 Å². The highest BCUT2D eigenvalue weighted by molar-refractivity contribution is 5.66. The zero-order valence-corrected chi connectivity index (χ0v) is 12.0. The van der Waals surface area contributed by atoms with Gasteiger partial charge in [-0.15, -0.1) is 0 Å². The molecule has 4 nitrogen and oxygen atoms in total. The molecule has 0 saturated carbocycles. The van der Waals surface area contributed by atoms with E-state index in [1.807, 2.05) is 0 Å². The second-order valence-electron chi connectivity index (χ2n) is 5.28. The third-order valence-corrected chi connectivity index (χ3v) is 2.47. The maximum Gasteiger partial charge on any atom is 0.303 e. The van der Waals surface area contributed by atoms with Crippen LogP contribution in [0, 0.1) is 0 Å². The smallest absolute Gasteiger partial charge is 0.303 e. The Bertz CT molecular complexity index is 177. The molecule has 0 aliphatic carbocycles. The second-order valence-corrected chi connectivity index (χ2v) is 5.28. The second kappa shape index (κ2) is 11.9. The van der Waals surface area contributed by atoms with Crippen molar-refractivity contribution in [3.8, 4) is 0 Å². The lowest BCUT2D eigenvalue weighted by molar-refractivity contribution is -0.870. The van der Waals surface area contributed by atoms with E-state index in [9.17, 15) is 4.79 Å². The molecule has 17 heavy (non-hydrogen) atoms. The van der Waals surface area contributed by atoms with Gasteiger partial charge in [0, 0.05) is 6.42 Å². The molecule has 3 N–H and O–H groups in total. The molecule has 0 heterocycles. The zero-order valence-electron chi connectivity index (χ0n) is 12.0. The molecule has 0 aromatic rings. The van der Waals surface area contributed by atoms with Crippen molar-refractivity contribution in [3.05, 3.63) is 0 Å². The van der Waals surface area contributed by atoms with Gasteiger partial charge >= 0.3 is 5.97 Å². The average Bonchev–Trinajstić information content (AvgIpc) is 2.23. The van der Waals surface area contributed by atoms with E-state index in [0.717, 1.165) is 17.3 Å². The summed E-state index contributed by atoms with van der Waals surface area (Å²) < 4.78 is 1.04. The Labute approximate surface area is 106 Å². The first-order valence-corrected chi connectivity index (χ1v) is 6.52. The largest absolute Gasteiger partial charge is 0.481 e. The number of nitrogens with zero attached hydrogens (tertiary/aromatic N) is 1. The van der Waals surface area contributed by atoms with E-state index in [2.05, 4.69) is 26.9 Å². The van der Waals surface area contributed by atoms with Crippen LogP contribution in [0.5, 0.6) is 0 Å². The molecule has 0 fully saturated rings. The predicted octanol–water partition coefficient (Wildman–Crippen LogP) is 2.08. The fourth-order valence-electron chi connectivity index (χ4n) is 1.57. The number of rotatable bonds is 9. The highest BCUT2D eigenvalue weighted by Gasteiger charge is 2.05. The molecule has 0 aromatic carbocycles. The molecule has 0 atom stereocenters. The SMILES string of the molecule is CN.C[N+](C)(C)CCCCCCCCC(=O)O. The highest BCUT2D eigenvalue weighted by Crippen LogP contribution is 2.08. The van der Waals surface area contributed by atoms with Crippen molar-refractivity contribution >= 4 is 5.97 Å². The molecule has 0 aliphatic heterocycles. The Morgan fingerprint density at radius 2 is 1.35 bits per heavy atom. The van der Waals surface area contributed by atoms with Crippen LogP contribution in [0.2, 0.25) is 0 Å². The van der Waals surface area contributed by atoms with Gasteiger partial charge in [0.05, 0.1) is 27.7 Å². The number of hydrogen-bond donors (Lipinski definition) is 2. The molecular weight excluding hydrogens is 216 g/mol. The zero-order chi connectivity index (χ0) is 13.7. The van der Waals surface area contributed by atoms with Crippen LogP contribution in [0.3, 0.4) is 0 Å². The average molecular weight is 247 g/mol. The Hall–Kier alpha value is -0.610. The summed E-state index contributed by atoms with van der Waals surface area (Å²) >= 11 is 0. The topological polar surface area (TPSA) is 63.3 Å². The minimum atomic E-state index is -0.667. The van der Waals surface area contributed by atoms with Crippen molar-refractivity contribution in [2.24, 2.45) is 5.73 Å². The van der Waals surface area contributed by atoms with E-state index < -0.39 is 5.97 Å². The molecule has 4 heteroatoms. The van der Waals surface area contributed by atoms with Gasteiger partial charge in [-0.1, -0.05) is 19.3 Å². The van der Waals surface area contributed by atoms with E-state index in [1.54, 1.807) is 0 Å². The summed E-state index contributed by atoms with van der Waals surface area (Å²) in [4.78, 5) is 10.2. The van der Waals surface area contributed by atoms with E-state index >= 15 is 0 Å². The van der Waals surface area contributed by atoms with Crippen LogP contribution in [0.15, 0.2) is 0 Å². The number of carboxylic acid groups (broad SMARTS) is 1. The third kappa shape index (κ3) is 21.3. The molecule has 0 amide bonds. The van der Waals surface area contributed by atoms with Gasteiger partial charge in [0.1, 0.15) is 0 Å². The highest BCUT2D eigenvalue weighted by atomic mass is 16.4. The fourth-order valence-corrected chi connectivity index (χ4v) is 1.57. The van der Waals surface area contributed by atoms with Crippen LogP contribution in [0.4, 0.5) is 0 Å². The van der Waals surface area contributed by atoms with Gasteiger partial charge in [0.2, 0.25) is 0 Å². The van der Waals surface area contributed by atoms with Gasteiger partial charge in [0.15, 0.2) is 0 Å². The molecule has 0 radical (unpaired) electrons. The number of nitrogens with two attached hydrogens (primary N) is 1. The van der Waals surface area contributed by atoms with Gasteiger partial charge in [-0.25, -0.2) is 0 Å². The molecule has 0 bridgehead atoms. The number of carboxylic acids is 1. The standard InChI is InChI=1S/C12H25NO2.CH5N/c1-13(2,3)11-9-7-5-4-6-8-10-12(14)15;1-2/h4-11H2,1-3H3;2H2,1H3/p+1. The van der Waals surface area contributed by atoms with E-state index in [0.29, 0.717) is 6.42 Å². The van der Waals surface area contributed by atoms with Gasteiger partial charge in [-0.2, -0.15) is 0 Å². The molecule has 0 saturated heterocycles. The molecule has 0 spiro atoms. The van der Waals surface area contributed by atoms with E-state index in [4.69, 9.17) is 5.11 Å². The van der Waals surface area contributed by atoms with Crippen molar-refractivity contribution in [1.82, 2.24) is 0 Å². The molecular formula is C13H31N2O2+. The first-order chi connectivity index (χ1) is 7.92. The lowest BCUT2D eigenvalue weighted by Crippen LogP contribution is -2.35. The first kappa shape index (κ1) is 18.7. The van der Waals surface area contributed by atoms with Crippen LogP contribution in [0.1, 0.15) is 44.9 Å². The minimum absolute atomic E-state index is 0.332. The van der Waals surface area contributed by atoms with Crippen LogP contribution in [-0.4, -0.2) is 50.3 Å². The molecule has 0 aromatic heterocycles. The Morgan fingerprint density at radius 1 is 0.941 bits per heavy atom. The Morgan fingerprint density at radius 3 is 1.76 bits per heavy atom. The summed E-state index contributed by atoms with van der Waals surface area (Å²) in [7, 11) is 8.15. The van der Waals surface area contributed by atoms with Gasteiger partial charge in [-0.05, 0) is 26.3 Å². The Kier molecular flexibility index (Phi) is 13.1. The van der Waals surface area contributed by atoms with E-state index in [1.165, 1.54) is 39.3 Å². The summed E-state index contributed by atoms with van der Waals surface area (Å²) in [5, 5.41) is 8.44. The molecule has 0 rings (SSSR count). The molecule has 0 unspecified atom stereocenters. The van der Waals surface area contributed by atoms with E-state index in [-0.39, 0.29) is 0 Å². The molecule has 104 valence electrons. The van der Waals surface area contributed by atoms with Crippen LogP contribution in [0.25, 0.3) is 0 Å². The third-order valence-electron chi connectivity index (χ3n) is 2.47. The van der Waals surface area contributed by atoms with Crippen LogP contribution in [-0.2, 0) is 4.79 Å². The Balaban J connectivity index is 0. The monoisotopic (exact) mass is 247 g/mol. The van der Waals surface area contributed by atoms with Crippen LogP contribution < -0.4 is 5.73 Å². The summed E-state index contributed by atoms with van der Waals surface area (Å²) in [6.45, 7) is 1.23. The van der Waals surface area contributed by atoms with Gasteiger partial charge < -0.3 is 15.3 Å². The minimum Gasteiger partial charge on any atom is -0.481 e. The lowest BCUT2D eigenvalue weighted by atomic mass is 10.1. The summed E-state index contributed by atoms with van der Waals surface area (Å²) in [5.41, 5.74) is 4.50. The number of carbonyl (C=O) groups is 1. The summed E-state index contributed by atoms with van der Waals surface area (Å²) in [5.74, 6) is -0.667. The number of aliphatic carboxylic acids is 1. The number of hydrogen-bond acceptors (Lipinski definition) is 2. The summed E-state index contributed by atoms with van der Waals surface area (Å²) in [6.07, 6.45) is 7.23. The van der Waals surface area contributed by atoms with Gasteiger partial charge in [-0.3, -0.25) is 4.79 Å². The normalized spacial score (nSPS) is 10.6. The predicted molar refractivity (Wildman–Crippen MR) is 73.0 cm³/mol. The fraction of sp³-hybridized carbons (Fsp3) is 0.923. The summed E-state index contributed by atoms with van der Waals surface area (Å²) in [6, 6.07) is 0. The van der Waals surface area contributed by atoms with Crippen molar-refractivity contribution in [2.75, 3.05) is 34.7 Å². The van der Waals surface area contributed by atoms with Crippen molar-refractivity contribution in [2.45, 2.75) is 44.9 Å². The molecule has 0 aliphatic rings. The maximum atomic E-state index is 10.2. The van der Waals surface area contributed by atoms with Crippen molar-refractivity contribution in [3.63, 3.8) is 0 Å². The van der Waals surface area contributed by atoms with Gasteiger partial charge in [0.25, 0.3) is 0 Å². The quantitative estimate of drug-likeness (QED) is 0.484. The van der Waals surface area contributed by atoms with Crippen molar-refractivity contribution in [1.29, 1.82) is 0 Å². The van der Waals surface area contributed by atoms with Crippen LogP contribution >= 0.6 is 0 Å².